The monoisotopic (exact) mass is 430 g/mol. The Morgan fingerprint density at radius 2 is 1.93 bits per heavy atom. The Balaban J connectivity index is 1.43. The zero-order valence-electron chi connectivity index (χ0n) is 18.4. The molecule has 8 heteroatoms. The van der Waals surface area contributed by atoms with Gasteiger partial charge in [-0.25, -0.2) is 9.67 Å². The second-order valence-corrected chi connectivity index (χ2v) is 10.4. The highest BCUT2D eigenvalue weighted by molar-refractivity contribution is 6.28. The van der Waals surface area contributed by atoms with E-state index in [-0.39, 0.29) is 16.9 Å². The van der Waals surface area contributed by atoms with Crippen LogP contribution in [0.5, 0.6) is 0 Å². The number of amides is 1. The van der Waals surface area contributed by atoms with Crippen molar-refractivity contribution in [3.63, 3.8) is 0 Å². The molecule has 0 N–H and O–H groups in total. The molecule has 0 radical (unpaired) electrons. The topological polar surface area (TPSA) is 68.8 Å². The average Bonchev–Trinajstić information content (AvgIpc) is 3.25. The molecule has 0 saturated heterocycles. The molecule has 30 heavy (non-hydrogen) atoms. The number of hydrogen-bond acceptors (Lipinski definition) is 4. The van der Waals surface area contributed by atoms with E-state index in [1.54, 1.807) is 6.33 Å². The zero-order chi connectivity index (χ0) is 21.3. The lowest BCUT2D eigenvalue weighted by atomic mass is 9.46. The van der Waals surface area contributed by atoms with Gasteiger partial charge >= 0.3 is 0 Å². The van der Waals surface area contributed by atoms with E-state index in [9.17, 15) is 4.79 Å². The van der Waals surface area contributed by atoms with Gasteiger partial charge in [0.1, 0.15) is 6.33 Å². The quantitative estimate of drug-likeness (QED) is 0.724. The fourth-order valence-corrected chi connectivity index (χ4v) is 7.31. The second kappa shape index (κ2) is 6.81. The van der Waals surface area contributed by atoms with E-state index in [1.165, 1.54) is 12.0 Å². The van der Waals surface area contributed by atoms with E-state index in [2.05, 4.69) is 29.0 Å². The van der Waals surface area contributed by atoms with Crippen molar-refractivity contribution in [3.8, 4) is 0 Å². The van der Waals surface area contributed by atoms with Gasteiger partial charge < -0.3 is 4.90 Å². The molecule has 2 aromatic rings. The normalized spacial score (nSPS) is 32.0. The molecule has 2 atom stereocenters. The summed E-state index contributed by atoms with van der Waals surface area (Å²) in [4.78, 5) is 20.0. The third kappa shape index (κ3) is 2.92. The first-order valence-electron chi connectivity index (χ1n) is 11.1. The van der Waals surface area contributed by atoms with Gasteiger partial charge in [0.2, 0.25) is 11.2 Å². The molecule has 162 valence electrons. The summed E-state index contributed by atoms with van der Waals surface area (Å²) >= 11 is 6.06. The van der Waals surface area contributed by atoms with Crippen LogP contribution in [0.15, 0.2) is 6.33 Å². The number of aryl methyl sites for hydroxylation is 2. The minimum absolute atomic E-state index is 0.111. The van der Waals surface area contributed by atoms with Crippen LogP contribution >= 0.6 is 11.6 Å². The van der Waals surface area contributed by atoms with E-state index in [1.807, 2.05) is 28.2 Å². The van der Waals surface area contributed by atoms with Crippen LogP contribution in [0.3, 0.4) is 0 Å². The maximum atomic E-state index is 13.9. The number of aromatic nitrogens is 5. The SMILES string of the molecule is CCn1nc(C)c(CN(C)C(=O)C23CC4CC(C2)CC(n2cnc(Cl)n2)(C4)C3)c1C. The maximum absolute atomic E-state index is 13.9. The summed E-state index contributed by atoms with van der Waals surface area (Å²) in [6, 6.07) is 0. The van der Waals surface area contributed by atoms with Crippen molar-refractivity contribution >= 4 is 17.5 Å². The second-order valence-electron chi connectivity index (χ2n) is 10.1. The van der Waals surface area contributed by atoms with Crippen LogP contribution in [0.4, 0.5) is 0 Å². The standard InChI is InChI=1S/C22H31ClN6O/c1-5-28-15(3)18(14(2)25-28)11-27(4)19(30)21-7-16-6-17(8-21)10-22(9-16,12-21)29-13-24-20(23)26-29/h13,16-17H,5-12H2,1-4H3. The number of carbonyl (C=O) groups excluding carboxylic acids is 1. The van der Waals surface area contributed by atoms with E-state index in [0.717, 1.165) is 50.0 Å². The zero-order valence-corrected chi connectivity index (χ0v) is 19.1. The number of nitrogens with zero attached hydrogens (tertiary/aromatic N) is 6. The molecular weight excluding hydrogens is 400 g/mol. The van der Waals surface area contributed by atoms with Crippen LogP contribution in [-0.4, -0.2) is 42.4 Å². The highest BCUT2D eigenvalue weighted by atomic mass is 35.5. The van der Waals surface area contributed by atoms with Gasteiger partial charge in [-0.05, 0) is 82.7 Å². The molecule has 1 amide bonds. The van der Waals surface area contributed by atoms with Crippen molar-refractivity contribution in [1.82, 2.24) is 29.4 Å². The van der Waals surface area contributed by atoms with Crippen LogP contribution < -0.4 is 0 Å². The first-order chi connectivity index (χ1) is 14.2. The van der Waals surface area contributed by atoms with Gasteiger partial charge in [0, 0.05) is 31.4 Å². The summed E-state index contributed by atoms with van der Waals surface area (Å²) in [5.74, 6) is 1.45. The minimum Gasteiger partial charge on any atom is -0.341 e. The van der Waals surface area contributed by atoms with Crippen molar-refractivity contribution in [1.29, 1.82) is 0 Å². The lowest BCUT2D eigenvalue weighted by molar-refractivity contribution is -0.166. The van der Waals surface area contributed by atoms with Crippen molar-refractivity contribution in [2.45, 2.75) is 77.9 Å². The predicted octanol–water partition coefficient (Wildman–Crippen LogP) is 3.72. The summed E-state index contributed by atoms with van der Waals surface area (Å²) < 4.78 is 4.01. The summed E-state index contributed by atoms with van der Waals surface area (Å²) in [5.41, 5.74) is 2.96. The molecular formula is C22H31ClN6O. The summed E-state index contributed by atoms with van der Waals surface area (Å²) in [6.07, 6.45) is 8.04. The average molecular weight is 431 g/mol. The molecule has 6 rings (SSSR count). The Morgan fingerprint density at radius 3 is 2.50 bits per heavy atom. The van der Waals surface area contributed by atoms with Crippen LogP contribution in [0.2, 0.25) is 5.28 Å². The molecule has 4 saturated carbocycles. The molecule has 2 heterocycles. The molecule has 2 aromatic heterocycles. The Kier molecular flexibility index (Phi) is 4.55. The number of rotatable bonds is 5. The van der Waals surface area contributed by atoms with Gasteiger partial charge in [-0.1, -0.05) is 0 Å². The fourth-order valence-electron chi connectivity index (χ4n) is 7.19. The summed E-state index contributed by atoms with van der Waals surface area (Å²) in [7, 11) is 1.96. The molecule has 7 nitrogen and oxygen atoms in total. The van der Waals surface area contributed by atoms with Gasteiger partial charge in [0.15, 0.2) is 0 Å². The molecule has 4 fully saturated rings. The predicted molar refractivity (Wildman–Crippen MR) is 114 cm³/mol. The van der Waals surface area contributed by atoms with E-state index in [4.69, 9.17) is 11.6 Å². The van der Waals surface area contributed by atoms with Gasteiger partial charge in [-0.2, -0.15) is 5.10 Å². The third-order valence-electron chi connectivity index (χ3n) is 8.01. The van der Waals surface area contributed by atoms with Crippen molar-refractivity contribution < 1.29 is 4.79 Å². The molecule has 0 spiro atoms. The Morgan fingerprint density at radius 1 is 1.23 bits per heavy atom. The van der Waals surface area contributed by atoms with Crippen molar-refractivity contribution in [2.24, 2.45) is 17.3 Å². The first-order valence-corrected chi connectivity index (χ1v) is 11.5. The third-order valence-corrected chi connectivity index (χ3v) is 8.18. The van der Waals surface area contributed by atoms with E-state index >= 15 is 0 Å². The molecule has 4 aliphatic carbocycles. The van der Waals surface area contributed by atoms with E-state index in [0.29, 0.717) is 23.7 Å². The summed E-state index contributed by atoms with van der Waals surface area (Å²) in [6.45, 7) is 7.71. The number of carbonyl (C=O) groups is 1. The molecule has 0 aromatic carbocycles. The van der Waals surface area contributed by atoms with Crippen molar-refractivity contribution in [2.75, 3.05) is 7.05 Å². The lowest BCUT2D eigenvalue weighted by Gasteiger charge is -2.61. The lowest BCUT2D eigenvalue weighted by Crippen LogP contribution is -2.61. The molecule has 2 unspecified atom stereocenters. The number of halogens is 1. The Labute approximate surface area is 182 Å². The molecule has 4 aliphatic rings. The Bertz CT molecular complexity index is 980. The first kappa shape index (κ1) is 20.0. The molecule has 4 bridgehead atoms. The van der Waals surface area contributed by atoms with Crippen LogP contribution in [0.25, 0.3) is 0 Å². The highest BCUT2D eigenvalue weighted by Crippen LogP contribution is 2.64. The van der Waals surface area contributed by atoms with E-state index < -0.39 is 0 Å². The minimum atomic E-state index is -0.292. The van der Waals surface area contributed by atoms with Gasteiger partial charge in [-0.3, -0.25) is 9.48 Å². The smallest absolute Gasteiger partial charge is 0.242 e. The van der Waals surface area contributed by atoms with Crippen molar-refractivity contribution in [3.05, 3.63) is 28.6 Å². The van der Waals surface area contributed by atoms with Crippen LogP contribution in [0.1, 0.15) is 62.4 Å². The molecule has 0 aliphatic heterocycles. The van der Waals surface area contributed by atoms with Gasteiger partial charge in [0.05, 0.1) is 16.6 Å². The van der Waals surface area contributed by atoms with Crippen LogP contribution in [-0.2, 0) is 23.4 Å². The largest absolute Gasteiger partial charge is 0.341 e. The highest BCUT2D eigenvalue weighted by Gasteiger charge is 2.62. The number of hydrogen-bond donors (Lipinski definition) is 0. The maximum Gasteiger partial charge on any atom is 0.242 e. The van der Waals surface area contributed by atoms with Crippen LogP contribution in [0, 0.1) is 31.1 Å². The Hall–Kier alpha value is -1.89. The van der Waals surface area contributed by atoms with Gasteiger partial charge in [0.25, 0.3) is 0 Å². The van der Waals surface area contributed by atoms with Gasteiger partial charge in [-0.15, -0.1) is 5.10 Å². The fraction of sp³-hybridized carbons (Fsp3) is 0.727. The summed E-state index contributed by atoms with van der Waals surface area (Å²) in [5, 5.41) is 9.40.